The topological polar surface area (TPSA) is 86.7 Å². The van der Waals surface area contributed by atoms with Crippen molar-refractivity contribution in [2.75, 3.05) is 14.2 Å². The molecule has 0 bridgehead atoms. The van der Waals surface area contributed by atoms with Crippen molar-refractivity contribution in [2.45, 2.75) is 106 Å². The smallest absolute Gasteiger partial charge is 0.330 e. The zero-order chi connectivity index (χ0) is 29.5. The number of ether oxygens (including phenoxy) is 2. The van der Waals surface area contributed by atoms with E-state index < -0.39 is 34.1 Å². The van der Waals surface area contributed by atoms with Gasteiger partial charge in [-0.25, -0.2) is 4.79 Å². The lowest BCUT2D eigenvalue weighted by Gasteiger charge is -2.64. The summed E-state index contributed by atoms with van der Waals surface area (Å²) < 4.78 is 10.7. The lowest BCUT2D eigenvalue weighted by Crippen LogP contribution is -2.62. The summed E-state index contributed by atoms with van der Waals surface area (Å²) in [6.07, 6.45) is 8.89. The van der Waals surface area contributed by atoms with Crippen molar-refractivity contribution in [3.63, 3.8) is 0 Å². The third-order valence-electron chi connectivity index (χ3n) is 12.6. The Balaban J connectivity index is 1.81. The number of rotatable bonds is 2. The Morgan fingerprint density at radius 1 is 0.775 bits per heavy atom. The molecule has 0 aliphatic heterocycles. The van der Waals surface area contributed by atoms with Gasteiger partial charge >= 0.3 is 11.9 Å². The molecule has 0 aromatic carbocycles. The Kier molecular flexibility index (Phi) is 6.87. The predicted octanol–water partition coefficient (Wildman–Crippen LogP) is 6.56. The van der Waals surface area contributed by atoms with Gasteiger partial charge in [-0.05, 0) is 88.7 Å². The molecule has 0 saturated heterocycles. The molecule has 3 saturated carbocycles. The molecular weight excluding hydrogens is 504 g/mol. The van der Waals surface area contributed by atoms with Crippen LogP contribution in [0, 0.1) is 44.8 Å². The lowest BCUT2D eigenvalue weighted by atomic mass is 9.38. The Bertz CT molecular complexity index is 1220. The van der Waals surface area contributed by atoms with Crippen LogP contribution >= 0.6 is 0 Å². The first-order valence-electron chi connectivity index (χ1n) is 15.3. The zero-order valence-corrected chi connectivity index (χ0v) is 25.8. The van der Waals surface area contributed by atoms with Crippen LogP contribution in [0.4, 0.5) is 0 Å². The second-order valence-electron chi connectivity index (χ2n) is 15.3. The van der Waals surface area contributed by atoms with E-state index in [1.165, 1.54) is 14.2 Å². The fourth-order valence-electron chi connectivity index (χ4n) is 10.7. The number of hydrogen-bond acceptors (Lipinski definition) is 6. The van der Waals surface area contributed by atoms with Crippen LogP contribution in [0.25, 0.3) is 0 Å². The third-order valence-corrected chi connectivity index (χ3v) is 12.6. The van der Waals surface area contributed by atoms with E-state index in [0.29, 0.717) is 25.7 Å². The molecule has 220 valence electrons. The maximum atomic E-state index is 14.8. The number of carbonyl (C=O) groups is 4. The highest BCUT2D eigenvalue weighted by molar-refractivity contribution is 6.03. The lowest BCUT2D eigenvalue weighted by molar-refractivity contribution is -0.161. The minimum Gasteiger partial charge on any atom is -0.469 e. The SMILES string of the molecule is COC(=O)/C=C1/C2(CCC3=C(C2C(=O)OC)C2(C)CCCC(C)(C)C2CC3=O)C(=O)CC2C(C)(C)CCC[C@]12C. The van der Waals surface area contributed by atoms with Crippen LogP contribution < -0.4 is 0 Å². The summed E-state index contributed by atoms with van der Waals surface area (Å²) in [6, 6.07) is 0. The molecule has 0 heterocycles. The highest BCUT2D eigenvalue weighted by Gasteiger charge is 2.69. The normalized spacial score (nSPS) is 41.2. The van der Waals surface area contributed by atoms with Gasteiger partial charge in [0.05, 0.1) is 25.6 Å². The molecule has 0 radical (unpaired) electrons. The van der Waals surface area contributed by atoms with Gasteiger partial charge in [-0.15, -0.1) is 0 Å². The van der Waals surface area contributed by atoms with Gasteiger partial charge in [0.15, 0.2) is 5.78 Å². The van der Waals surface area contributed by atoms with Gasteiger partial charge in [-0.2, -0.15) is 0 Å². The average molecular weight is 553 g/mol. The summed E-state index contributed by atoms with van der Waals surface area (Å²) in [5.41, 5.74) is 0.0427. The number of ketones is 2. The molecule has 5 rings (SSSR count). The number of allylic oxidation sites excluding steroid dienone is 2. The van der Waals surface area contributed by atoms with E-state index in [0.717, 1.165) is 55.2 Å². The quantitative estimate of drug-likeness (QED) is 0.285. The minimum absolute atomic E-state index is 0.00953. The summed E-state index contributed by atoms with van der Waals surface area (Å²) in [5, 5.41) is 0. The summed E-state index contributed by atoms with van der Waals surface area (Å²) in [5.74, 6) is -1.65. The number of carbonyl (C=O) groups excluding carboxylic acids is 4. The fourth-order valence-corrected chi connectivity index (χ4v) is 10.7. The van der Waals surface area contributed by atoms with Crippen LogP contribution in [0.15, 0.2) is 22.8 Å². The van der Waals surface area contributed by atoms with E-state index in [4.69, 9.17) is 9.47 Å². The molecule has 1 spiro atoms. The van der Waals surface area contributed by atoms with Gasteiger partial charge in [0, 0.05) is 18.9 Å². The maximum Gasteiger partial charge on any atom is 0.330 e. The molecule has 5 unspecified atom stereocenters. The average Bonchev–Trinajstić information content (AvgIpc) is 2.88. The maximum absolute atomic E-state index is 14.8. The van der Waals surface area contributed by atoms with Gasteiger partial charge in [-0.1, -0.05) is 54.4 Å². The summed E-state index contributed by atoms with van der Waals surface area (Å²) in [7, 11) is 2.74. The molecule has 5 aliphatic rings. The Morgan fingerprint density at radius 2 is 1.35 bits per heavy atom. The van der Waals surface area contributed by atoms with Crippen LogP contribution in [0.3, 0.4) is 0 Å². The van der Waals surface area contributed by atoms with Crippen LogP contribution in [0.5, 0.6) is 0 Å². The van der Waals surface area contributed by atoms with E-state index in [9.17, 15) is 19.2 Å². The van der Waals surface area contributed by atoms with Crippen molar-refractivity contribution in [1.82, 2.24) is 0 Å². The van der Waals surface area contributed by atoms with Crippen molar-refractivity contribution in [1.29, 1.82) is 0 Å². The van der Waals surface area contributed by atoms with Gasteiger partial charge < -0.3 is 9.47 Å². The third kappa shape index (κ3) is 3.86. The largest absolute Gasteiger partial charge is 0.469 e. The number of methoxy groups -OCH3 is 2. The van der Waals surface area contributed by atoms with Gasteiger partial charge in [0.2, 0.25) is 0 Å². The first kappa shape index (κ1) is 29.3. The highest BCUT2D eigenvalue weighted by atomic mass is 16.5. The second kappa shape index (κ2) is 9.39. The van der Waals surface area contributed by atoms with Crippen molar-refractivity contribution in [3.05, 3.63) is 22.8 Å². The van der Waals surface area contributed by atoms with E-state index in [2.05, 4.69) is 41.5 Å². The van der Waals surface area contributed by atoms with E-state index in [1.54, 1.807) is 6.08 Å². The first-order valence-corrected chi connectivity index (χ1v) is 15.3. The van der Waals surface area contributed by atoms with Gasteiger partial charge in [0.25, 0.3) is 0 Å². The standard InChI is InChI=1S/C34H48O6/c1-30(2)13-10-15-33(6)22(30)17-21(35)20-11-16-34(28(27(20)33)29(38)40-8)24(19-26(37)39-7)32(5)14-9-12-31(3,4)23(32)18-25(34)36/h19,22-23,28H,9-18H2,1-8H3/b24-19+/t22?,23?,28?,32-,33?,34?/m0/s1. The van der Waals surface area contributed by atoms with E-state index in [-0.39, 0.29) is 34.2 Å². The minimum atomic E-state index is -1.23. The second-order valence-corrected chi connectivity index (χ2v) is 15.3. The molecule has 6 nitrogen and oxygen atoms in total. The molecule has 5 aliphatic carbocycles. The van der Waals surface area contributed by atoms with Crippen LogP contribution in [-0.2, 0) is 28.7 Å². The number of fused-ring (bicyclic) bond motifs is 3. The molecule has 0 N–H and O–H groups in total. The van der Waals surface area contributed by atoms with Gasteiger partial charge in [-0.3, -0.25) is 14.4 Å². The van der Waals surface area contributed by atoms with E-state index >= 15 is 0 Å². The van der Waals surface area contributed by atoms with Crippen molar-refractivity contribution in [3.8, 4) is 0 Å². The molecule has 0 aromatic rings. The predicted molar refractivity (Wildman–Crippen MR) is 152 cm³/mol. The van der Waals surface area contributed by atoms with Crippen molar-refractivity contribution >= 4 is 23.5 Å². The van der Waals surface area contributed by atoms with Crippen LogP contribution in [0.1, 0.15) is 106 Å². The van der Waals surface area contributed by atoms with Crippen LogP contribution in [-0.4, -0.2) is 37.7 Å². The number of esters is 2. The molecule has 6 heteroatoms. The Labute approximate surface area is 239 Å². The fraction of sp³-hybridized carbons (Fsp3) is 0.765. The number of hydrogen-bond donors (Lipinski definition) is 0. The highest BCUT2D eigenvalue weighted by Crippen LogP contribution is 2.71. The molecule has 0 amide bonds. The van der Waals surface area contributed by atoms with Gasteiger partial charge in [0.1, 0.15) is 5.78 Å². The van der Waals surface area contributed by atoms with E-state index in [1.807, 2.05) is 0 Å². The van der Waals surface area contributed by atoms with Crippen molar-refractivity contribution in [2.24, 2.45) is 44.8 Å². The molecule has 6 atom stereocenters. The van der Waals surface area contributed by atoms with Crippen molar-refractivity contribution < 1.29 is 28.7 Å². The Morgan fingerprint density at radius 3 is 1.93 bits per heavy atom. The molecule has 3 fully saturated rings. The monoisotopic (exact) mass is 552 g/mol. The first-order chi connectivity index (χ1) is 18.6. The molecule has 40 heavy (non-hydrogen) atoms. The Hall–Kier alpha value is -2.24. The zero-order valence-electron chi connectivity index (χ0n) is 25.8. The summed E-state index contributed by atoms with van der Waals surface area (Å²) in [4.78, 5) is 55.8. The number of Topliss-reactive ketones (excluding diaryl/α,β-unsaturated/α-hetero) is 2. The summed E-state index contributed by atoms with van der Waals surface area (Å²) >= 11 is 0. The molecule has 0 aromatic heterocycles. The molecular formula is C34H48O6. The van der Waals surface area contributed by atoms with Crippen LogP contribution in [0.2, 0.25) is 0 Å². The summed E-state index contributed by atoms with van der Waals surface area (Å²) in [6.45, 7) is 13.4.